The number of carbonyl (C=O) groups excluding carboxylic acids is 1. The molecule has 0 unspecified atom stereocenters. The van der Waals surface area contributed by atoms with E-state index in [2.05, 4.69) is 20.4 Å². The maximum absolute atomic E-state index is 13.2. The van der Waals surface area contributed by atoms with Crippen LogP contribution in [0.5, 0.6) is 0 Å². The Morgan fingerprint density at radius 1 is 0.914 bits per heavy atom. The molecule has 186 valence electrons. The van der Waals surface area contributed by atoms with Gasteiger partial charge in [-0.05, 0) is 68.3 Å². The van der Waals surface area contributed by atoms with Crippen molar-refractivity contribution >= 4 is 23.0 Å². The third-order valence-electron chi connectivity index (χ3n) is 5.11. The highest BCUT2D eigenvalue weighted by Crippen LogP contribution is 2.39. The van der Waals surface area contributed by atoms with Crippen LogP contribution >= 0.6 is 0 Å². The molecule has 35 heavy (non-hydrogen) atoms. The van der Waals surface area contributed by atoms with Gasteiger partial charge in [-0.25, -0.2) is 4.79 Å². The quantitative estimate of drug-likeness (QED) is 0.328. The van der Waals surface area contributed by atoms with Crippen LogP contribution in [0.4, 0.5) is 24.5 Å². The molecule has 0 N–H and O–H groups in total. The Hall–Kier alpha value is -3.54. The van der Waals surface area contributed by atoms with E-state index < -0.39 is 17.7 Å². The van der Waals surface area contributed by atoms with E-state index >= 15 is 0 Å². The summed E-state index contributed by atoms with van der Waals surface area (Å²) in [7, 11) is 0. The molecule has 3 rings (SSSR count). The van der Waals surface area contributed by atoms with Gasteiger partial charge in [0.15, 0.2) is 0 Å². The van der Waals surface area contributed by atoms with Crippen molar-refractivity contribution in [2.45, 2.75) is 47.2 Å². The van der Waals surface area contributed by atoms with Gasteiger partial charge in [-0.2, -0.15) is 13.2 Å². The van der Waals surface area contributed by atoms with Crippen LogP contribution in [0.25, 0.3) is 5.70 Å². The van der Waals surface area contributed by atoms with E-state index in [0.717, 1.165) is 23.3 Å². The highest BCUT2D eigenvalue weighted by Gasteiger charge is 2.31. The summed E-state index contributed by atoms with van der Waals surface area (Å²) < 4.78 is 44.8. The summed E-state index contributed by atoms with van der Waals surface area (Å²) >= 11 is 0. The molecule has 0 saturated heterocycles. The summed E-state index contributed by atoms with van der Waals surface area (Å²) in [6.07, 6.45) is -3.19. The van der Waals surface area contributed by atoms with Gasteiger partial charge in [0.1, 0.15) is 0 Å². The van der Waals surface area contributed by atoms with Crippen molar-refractivity contribution in [2.75, 3.05) is 11.5 Å². The summed E-state index contributed by atoms with van der Waals surface area (Å²) in [4.78, 5) is 14.0. The van der Waals surface area contributed by atoms with Gasteiger partial charge in [0.25, 0.3) is 0 Å². The van der Waals surface area contributed by atoms with Crippen molar-refractivity contribution in [1.29, 1.82) is 0 Å². The average Bonchev–Trinajstić information content (AvgIpc) is 2.81. The number of halogens is 3. The zero-order valence-corrected chi connectivity index (χ0v) is 20.9. The second kappa shape index (κ2) is 12.2. The second-order valence-corrected chi connectivity index (χ2v) is 8.07. The largest absolute Gasteiger partial charge is 0.462 e. The van der Waals surface area contributed by atoms with Crippen LogP contribution < -0.4 is 4.90 Å². The van der Waals surface area contributed by atoms with E-state index in [4.69, 9.17) is 4.74 Å². The first-order chi connectivity index (χ1) is 16.5. The molecular formula is C29H32F3NO2. The highest BCUT2D eigenvalue weighted by molar-refractivity contribution is 5.94. The van der Waals surface area contributed by atoms with Crippen LogP contribution in [0.1, 0.15) is 59.8 Å². The van der Waals surface area contributed by atoms with E-state index in [1.54, 1.807) is 43.0 Å². The lowest BCUT2D eigenvalue weighted by Gasteiger charge is -2.30. The average molecular weight is 484 g/mol. The molecule has 0 spiro atoms. The van der Waals surface area contributed by atoms with Crippen LogP contribution in [0, 0.1) is 13.8 Å². The summed E-state index contributed by atoms with van der Waals surface area (Å²) in [5.41, 5.74) is 3.56. The molecule has 0 heterocycles. The number of nitrogens with zero attached hydrogens (tertiary/aromatic N) is 1. The maximum Gasteiger partial charge on any atom is 0.416 e. The first-order valence-electron chi connectivity index (χ1n) is 11.5. The van der Waals surface area contributed by atoms with Crippen molar-refractivity contribution in [1.82, 2.24) is 0 Å². The van der Waals surface area contributed by atoms with Crippen LogP contribution in [0.3, 0.4) is 0 Å². The predicted octanol–water partition coefficient (Wildman–Crippen LogP) is 8.72. The number of ether oxygens (including phenoxy) is 1. The molecule has 0 aliphatic rings. The zero-order chi connectivity index (χ0) is 26.2. The van der Waals surface area contributed by atoms with Gasteiger partial charge >= 0.3 is 12.1 Å². The van der Waals surface area contributed by atoms with E-state index in [9.17, 15) is 18.0 Å². The zero-order valence-electron chi connectivity index (χ0n) is 20.9. The topological polar surface area (TPSA) is 29.5 Å². The highest BCUT2D eigenvalue weighted by atomic mass is 19.4. The Labute approximate surface area is 205 Å². The molecule has 0 aromatic heterocycles. The lowest BCUT2D eigenvalue weighted by atomic mass is 10.0. The molecule has 0 radical (unpaired) electrons. The summed E-state index contributed by atoms with van der Waals surface area (Å²) in [5, 5.41) is 0. The fourth-order valence-corrected chi connectivity index (χ4v) is 3.53. The van der Waals surface area contributed by atoms with Crippen LogP contribution in [0.2, 0.25) is 0 Å². The Morgan fingerprint density at radius 3 is 2.14 bits per heavy atom. The molecule has 0 amide bonds. The van der Waals surface area contributed by atoms with Gasteiger partial charge in [-0.1, -0.05) is 57.2 Å². The SMILES string of the molecule is C=C(c1ccccc1C)N(c1cccc(C(=O)OCC)c1)c1ccc(C(F)(F)F)cc1C.CCC. The normalized spacial score (nSPS) is 10.7. The summed E-state index contributed by atoms with van der Waals surface area (Å²) in [6, 6.07) is 18.0. The van der Waals surface area contributed by atoms with Crippen LogP contribution in [0.15, 0.2) is 73.3 Å². The number of hydrogen-bond donors (Lipinski definition) is 0. The van der Waals surface area contributed by atoms with Crippen molar-refractivity contribution in [3.8, 4) is 0 Å². The van der Waals surface area contributed by atoms with Gasteiger partial charge in [0.05, 0.1) is 17.7 Å². The first kappa shape index (κ1) is 27.7. The smallest absolute Gasteiger partial charge is 0.416 e. The molecule has 0 fully saturated rings. The second-order valence-electron chi connectivity index (χ2n) is 8.07. The van der Waals surface area contributed by atoms with Crippen LogP contribution in [-0.4, -0.2) is 12.6 Å². The monoisotopic (exact) mass is 483 g/mol. The third-order valence-corrected chi connectivity index (χ3v) is 5.11. The number of carbonyl (C=O) groups is 1. The number of alkyl halides is 3. The molecular weight excluding hydrogens is 451 g/mol. The minimum Gasteiger partial charge on any atom is -0.462 e. The molecule has 6 heteroatoms. The Bertz CT molecular complexity index is 1170. The number of benzene rings is 3. The molecule has 0 bridgehead atoms. The lowest BCUT2D eigenvalue weighted by molar-refractivity contribution is -0.137. The fraction of sp³-hybridized carbons (Fsp3) is 0.276. The van der Waals surface area contributed by atoms with E-state index in [-0.39, 0.29) is 6.61 Å². The summed E-state index contributed by atoms with van der Waals surface area (Å²) in [5.74, 6) is -0.472. The molecule has 3 aromatic rings. The molecule has 3 nitrogen and oxygen atoms in total. The number of aryl methyl sites for hydroxylation is 2. The number of anilines is 2. The maximum atomic E-state index is 13.2. The Kier molecular flexibility index (Phi) is 9.69. The van der Waals surface area contributed by atoms with Gasteiger partial charge in [-0.3, -0.25) is 0 Å². The molecule has 0 saturated carbocycles. The van der Waals surface area contributed by atoms with Gasteiger partial charge in [0.2, 0.25) is 0 Å². The first-order valence-corrected chi connectivity index (χ1v) is 11.5. The molecule has 0 aliphatic carbocycles. The number of rotatable bonds is 6. The predicted molar refractivity (Wildman–Crippen MR) is 137 cm³/mol. The standard InChI is InChI=1S/C26H24F3NO2.C3H8/c1-5-32-25(31)20-10-8-11-22(16-20)30(19(4)23-12-7-6-9-17(23)2)24-14-13-21(15-18(24)3)26(27,28)29;1-3-2/h6-16H,4-5H2,1-3H3;3H2,1-2H3. The van der Waals surface area contributed by atoms with Gasteiger partial charge in [-0.15, -0.1) is 0 Å². The van der Waals surface area contributed by atoms with Crippen molar-refractivity contribution in [2.24, 2.45) is 0 Å². The Balaban J connectivity index is 0.00000137. The van der Waals surface area contributed by atoms with E-state index in [1.165, 1.54) is 12.5 Å². The molecule has 0 atom stereocenters. The van der Waals surface area contributed by atoms with E-state index in [0.29, 0.717) is 28.2 Å². The summed E-state index contributed by atoms with van der Waals surface area (Å²) in [6.45, 7) is 14.0. The number of esters is 1. The fourth-order valence-electron chi connectivity index (χ4n) is 3.53. The number of hydrogen-bond acceptors (Lipinski definition) is 3. The third kappa shape index (κ3) is 6.98. The minimum absolute atomic E-state index is 0.237. The lowest BCUT2D eigenvalue weighted by Crippen LogP contribution is -2.18. The van der Waals surface area contributed by atoms with Crippen molar-refractivity contribution < 1.29 is 22.7 Å². The van der Waals surface area contributed by atoms with Gasteiger partial charge < -0.3 is 9.64 Å². The minimum atomic E-state index is -4.44. The molecule has 0 aliphatic heterocycles. The van der Waals surface area contributed by atoms with Crippen molar-refractivity contribution in [3.05, 3.63) is 101 Å². The van der Waals surface area contributed by atoms with Gasteiger partial charge in [0, 0.05) is 22.6 Å². The Morgan fingerprint density at radius 2 is 1.57 bits per heavy atom. The van der Waals surface area contributed by atoms with Crippen molar-refractivity contribution in [3.63, 3.8) is 0 Å². The van der Waals surface area contributed by atoms with E-state index in [1.807, 2.05) is 31.2 Å². The van der Waals surface area contributed by atoms with Crippen LogP contribution in [-0.2, 0) is 10.9 Å². The molecule has 3 aromatic carbocycles.